The van der Waals surface area contributed by atoms with Crippen LogP contribution in [-0.2, 0) is 6.54 Å². The zero-order valence-electron chi connectivity index (χ0n) is 11.4. The molecule has 0 unspecified atom stereocenters. The number of fused-ring (bicyclic) bond motifs is 1. The van der Waals surface area contributed by atoms with Gasteiger partial charge in [-0.3, -0.25) is 0 Å². The Morgan fingerprint density at radius 3 is 2.65 bits per heavy atom. The first-order chi connectivity index (χ1) is 9.74. The van der Waals surface area contributed by atoms with Gasteiger partial charge in [0.1, 0.15) is 5.82 Å². The van der Waals surface area contributed by atoms with Gasteiger partial charge in [0.2, 0.25) is 0 Å². The molecule has 0 aliphatic rings. The Kier molecular flexibility index (Phi) is 3.38. The van der Waals surface area contributed by atoms with Crippen LogP contribution in [-0.4, -0.2) is 0 Å². The van der Waals surface area contributed by atoms with Crippen LogP contribution < -0.4 is 5.32 Å². The molecule has 0 radical (unpaired) electrons. The average molecular weight is 265 g/mol. The molecule has 0 aliphatic carbocycles. The summed E-state index contributed by atoms with van der Waals surface area (Å²) in [6.45, 7) is 2.57. The fraction of sp³-hybridized carbons (Fsp3) is 0.111. The molecule has 0 bridgehead atoms. The van der Waals surface area contributed by atoms with E-state index in [-0.39, 0.29) is 5.82 Å². The van der Waals surface area contributed by atoms with Gasteiger partial charge in [0.05, 0.1) is 5.69 Å². The number of aryl methyl sites for hydroxylation is 1. The van der Waals surface area contributed by atoms with E-state index in [1.807, 2.05) is 31.2 Å². The minimum absolute atomic E-state index is 0.212. The lowest BCUT2D eigenvalue weighted by atomic mass is 10.0. The molecule has 1 N–H and O–H groups in total. The van der Waals surface area contributed by atoms with Gasteiger partial charge in [-0.2, -0.15) is 0 Å². The molecule has 0 aromatic heterocycles. The molecule has 0 saturated heterocycles. The molecule has 3 rings (SSSR count). The molecule has 0 atom stereocenters. The Bertz CT molecular complexity index is 744. The van der Waals surface area contributed by atoms with E-state index in [4.69, 9.17) is 0 Å². The van der Waals surface area contributed by atoms with Gasteiger partial charge in [-0.05, 0) is 41.0 Å². The van der Waals surface area contributed by atoms with E-state index in [0.29, 0.717) is 12.2 Å². The Balaban J connectivity index is 1.89. The van der Waals surface area contributed by atoms with Crippen LogP contribution in [0, 0.1) is 12.7 Å². The lowest BCUT2D eigenvalue weighted by Gasteiger charge is -2.10. The van der Waals surface area contributed by atoms with Crippen LogP contribution in [0.25, 0.3) is 10.8 Å². The maximum atomic E-state index is 13.7. The van der Waals surface area contributed by atoms with Crippen LogP contribution in [0.4, 0.5) is 10.1 Å². The molecule has 0 spiro atoms. The van der Waals surface area contributed by atoms with Crippen LogP contribution in [0.1, 0.15) is 11.1 Å². The van der Waals surface area contributed by atoms with Crippen LogP contribution in [0.5, 0.6) is 0 Å². The summed E-state index contributed by atoms with van der Waals surface area (Å²) in [5.41, 5.74) is 2.77. The molecular formula is C18H16FN. The number of hydrogen-bond acceptors (Lipinski definition) is 1. The summed E-state index contributed by atoms with van der Waals surface area (Å²) in [7, 11) is 0. The molecular weight excluding hydrogens is 249 g/mol. The smallest absolute Gasteiger partial charge is 0.146 e. The lowest BCUT2D eigenvalue weighted by molar-refractivity contribution is 0.629. The van der Waals surface area contributed by atoms with E-state index in [1.165, 1.54) is 22.4 Å². The third-order valence-electron chi connectivity index (χ3n) is 3.47. The van der Waals surface area contributed by atoms with Crippen molar-refractivity contribution >= 4 is 16.5 Å². The van der Waals surface area contributed by atoms with Crippen LogP contribution in [0.3, 0.4) is 0 Å². The summed E-state index contributed by atoms with van der Waals surface area (Å²) in [5.74, 6) is -0.212. The number of halogens is 1. The van der Waals surface area contributed by atoms with Crippen molar-refractivity contribution in [1.82, 2.24) is 0 Å². The van der Waals surface area contributed by atoms with Gasteiger partial charge in [-0.25, -0.2) is 4.39 Å². The van der Waals surface area contributed by atoms with Crippen molar-refractivity contribution in [2.75, 3.05) is 5.32 Å². The molecule has 0 amide bonds. The SMILES string of the molecule is Cc1ccc(F)c(NCc2cccc3ccccc23)c1. The maximum Gasteiger partial charge on any atom is 0.146 e. The zero-order chi connectivity index (χ0) is 13.9. The van der Waals surface area contributed by atoms with E-state index in [0.717, 1.165) is 5.56 Å². The number of anilines is 1. The Hall–Kier alpha value is -2.35. The minimum atomic E-state index is -0.212. The van der Waals surface area contributed by atoms with Gasteiger partial charge < -0.3 is 5.32 Å². The first-order valence-corrected chi connectivity index (χ1v) is 6.71. The molecule has 20 heavy (non-hydrogen) atoms. The van der Waals surface area contributed by atoms with Crippen molar-refractivity contribution in [3.05, 3.63) is 77.6 Å². The first kappa shape index (κ1) is 12.7. The Morgan fingerprint density at radius 1 is 0.950 bits per heavy atom. The summed E-state index contributed by atoms with van der Waals surface area (Å²) in [6, 6.07) is 19.5. The van der Waals surface area contributed by atoms with Crippen molar-refractivity contribution in [2.24, 2.45) is 0 Å². The molecule has 3 aromatic rings. The van der Waals surface area contributed by atoms with E-state index in [2.05, 4.69) is 29.6 Å². The average Bonchev–Trinajstić information content (AvgIpc) is 2.48. The van der Waals surface area contributed by atoms with Crippen molar-refractivity contribution in [1.29, 1.82) is 0 Å². The number of nitrogens with one attached hydrogen (secondary N) is 1. The molecule has 100 valence electrons. The number of rotatable bonds is 3. The highest BCUT2D eigenvalue weighted by Gasteiger charge is 2.04. The fourth-order valence-corrected chi connectivity index (χ4v) is 2.41. The maximum absolute atomic E-state index is 13.7. The van der Waals surface area contributed by atoms with E-state index >= 15 is 0 Å². The molecule has 3 aromatic carbocycles. The lowest BCUT2D eigenvalue weighted by Crippen LogP contribution is -2.02. The highest BCUT2D eigenvalue weighted by atomic mass is 19.1. The third kappa shape index (κ3) is 2.50. The van der Waals surface area contributed by atoms with Gasteiger partial charge in [-0.1, -0.05) is 48.5 Å². The van der Waals surface area contributed by atoms with Gasteiger partial charge in [0, 0.05) is 6.54 Å². The molecule has 1 nitrogen and oxygen atoms in total. The number of hydrogen-bond donors (Lipinski definition) is 1. The van der Waals surface area contributed by atoms with E-state index < -0.39 is 0 Å². The van der Waals surface area contributed by atoms with E-state index in [9.17, 15) is 4.39 Å². The molecule has 0 aliphatic heterocycles. The normalized spacial score (nSPS) is 10.7. The second-order valence-corrected chi connectivity index (χ2v) is 4.98. The van der Waals surface area contributed by atoms with Gasteiger partial charge in [0.25, 0.3) is 0 Å². The van der Waals surface area contributed by atoms with Gasteiger partial charge >= 0.3 is 0 Å². The summed E-state index contributed by atoms with van der Waals surface area (Å²) >= 11 is 0. The van der Waals surface area contributed by atoms with Crippen molar-refractivity contribution < 1.29 is 4.39 Å². The minimum Gasteiger partial charge on any atom is -0.379 e. The summed E-state index contributed by atoms with van der Waals surface area (Å²) in [4.78, 5) is 0. The summed E-state index contributed by atoms with van der Waals surface area (Å²) < 4.78 is 13.7. The first-order valence-electron chi connectivity index (χ1n) is 6.71. The predicted octanol–water partition coefficient (Wildman–Crippen LogP) is 4.90. The molecule has 0 saturated carbocycles. The summed E-state index contributed by atoms with van der Waals surface area (Å²) in [6.07, 6.45) is 0. The Morgan fingerprint density at radius 2 is 1.75 bits per heavy atom. The highest BCUT2D eigenvalue weighted by Crippen LogP contribution is 2.21. The highest BCUT2D eigenvalue weighted by molar-refractivity contribution is 5.85. The van der Waals surface area contributed by atoms with Crippen LogP contribution in [0.2, 0.25) is 0 Å². The van der Waals surface area contributed by atoms with E-state index in [1.54, 1.807) is 6.07 Å². The van der Waals surface area contributed by atoms with Crippen LogP contribution >= 0.6 is 0 Å². The fourth-order valence-electron chi connectivity index (χ4n) is 2.41. The van der Waals surface area contributed by atoms with Crippen molar-refractivity contribution in [2.45, 2.75) is 13.5 Å². The van der Waals surface area contributed by atoms with Gasteiger partial charge in [0.15, 0.2) is 0 Å². The van der Waals surface area contributed by atoms with Crippen molar-refractivity contribution in [3.63, 3.8) is 0 Å². The standard InChI is InChI=1S/C18H16FN/c1-13-9-10-17(19)18(11-13)20-12-15-7-4-6-14-5-2-3-8-16(14)15/h2-11,20H,12H2,1H3. The molecule has 0 heterocycles. The zero-order valence-corrected chi connectivity index (χ0v) is 11.4. The third-order valence-corrected chi connectivity index (χ3v) is 3.47. The van der Waals surface area contributed by atoms with Gasteiger partial charge in [-0.15, -0.1) is 0 Å². The molecule has 0 fully saturated rings. The quantitative estimate of drug-likeness (QED) is 0.710. The second-order valence-electron chi connectivity index (χ2n) is 4.98. The van der Waals surface area contributed by atoms with Crippen LogP contribution in [0.15, 0.2) is 60.7 Å². The Labute approximate surface area is 118 Å². The van der Waals surface area contributed by atoms with Crippen molar-refractivity contribution in [3.8, 4) is 0 Å². The second kappa shape index (κ2) is 5.33. The molecule has 2 heteroatoms. The predicted molar refractivity (Wildman–Crippen MR) is 82.4 cm³/mol. The number of benzene rings is 3. The topological polar surface area (TPSA) is 12.0 Å². The summed E-state index contributed by atoms with van der Waals surface area (Å²) in [5, 5.41) is 5.60. The monoisotopic (exact) mass is 265 g/mol. The largest absolute Gasteiger partial charge is 0.379 e.